The highest BCUT2D eigenvalue weighted by Gasteiger charge is 2.28. The molecule has 2 amide bonds. The van der Waals surface area contributed by atoms with Crippen LogP contribution in [0.2, 0.25) is 0 Å². The number of carbonyl (C=O) groups excluding carboxylic acids is 2. The van der Waals surface area contributed by atoms with Gasteiger partial charge in [-0.15, -0.1) is 0 Å². The SMILES string of the molecule is CC(C)C1OCCN1CCOC(=O)NCCCCCCNC(=O)OCCN1CCOC1C(C)C. The highest BCUT2D eigenvalue weighted by molar-refractivity contribution is 5.67. The lowest BCUT2D eigenvalue weighted by Crippen LogP contribution is -2.37. The van der Waals surface area contributed by atoms with E-state index in [0.717, 1.165) is 52.0 Å². The van der Waals surface area contributed by atoms with Crippen LogP contribution >= 0.6 is 0 Å². The molecular formula is C24H46N4O6. The maximum Gasteiger partial charge on any atom is 0.407 e. The summed E-state index contributed by atoms with van der Waals surface area (Å²) in [6.07, 6.45) is 3.20. The van der Waals surface area contributed by atoms with Gasteiger partial charge in [0.15, 0.2) is 0 Å². The minimum Gasteiger partial charge on any atom is -0.448 e. The lowest BCUT2D eigenvalue weighted by molar-refractivity contribution is -0.00851. The van der Waals surface area contributed by atoms with Crippen molar-refractivity contribution in [3.05, 3.63) is 0 Å². The van der Waals surface area contributed by atoms with E-state index in [1.54, 1.807) is 0 Å². The van der Waals surface area contributed by atoms with Gasteiger partial charge in [0.25, 0.3) is 0 Å². The summed E-state index contributed by atoms with van der Waals surface area (Å²) in [6, 6.07) is 0. The van der Waals surface area contributed by atoms with E-state index in [1.807, 2.05) is 0 Å². The van der Waals surface area contributed by atoms with Gasteiger partial charge in [0, 0.05) is 39.3 Å². The Balaban J connectivity index is 1.37. The lowest BCUT2D eigenvalue weighted by atomic mass is 10.2. The minimum absolute atomic E-state index is 0.116. The fourth-order valence-corrected chi connectivity index (χ4v) is 4.35. The first kappa shape index (κ1) is 28.6. The maximum atomic E-state index is 11.8. The van der Waals surface area contributed by atoms with Gasteiger partial charge < -0.3 is 29.6 Å². The topological polar surface area (TPSA) is 102 Å². The molecule has 0 radical (unpaired) electrons. The van der Waals surface area contributed by atoms with Gasteiger partial charge in [-0.05, 0) is 24.7 Å². The summed E-state index contributed by atoms with van der Waals surface area (Å²) in [5.74, 6) is 0.843. The molecule has 0 aromatic rings. The van der Waals surface area contributed by atoms with Crippen LogP contribution in [0.15, 0.2) is 0 Å². The maximum absolute atomic E-state index is 11.8. The summed E-state index contributed by atoms with van der Waals surface area (Å²) in [6.45, 7) is 15.1. The molecule has 0 aromatic carbocycles. The van der Waals surface area contributed by atoms with Crippen LogP contribution in [-0.4, -0.2) is 100 Å². The predicted octanol–water partition coefficient (Wildman–Crippen LogP) is 2.63. The van der Waals surface area contributed by atoms with Crippen molar-refractivity contribution in [1.82, 2.24) is 20.4 Å². The number of amides is 2. The summed E-state index contributed by atoms with van der Waals surface area (Å²) in [4.78, 5) is 28.0. The first-order chi connectivity index (χ1) is 16.4. The highest BCUT2D eigenvalue weighted by atomic mass is 16.6. The second-order valence-corrected chi connectivity index (χ2v) is 9.62. The third-order valence-electron chi connectivity index (χ3n) is 6.06. The van der Waals surface area contributed by atoms with E-state index in [4.69, 9.17) is 18.9 Å². The quantitative estimate of drug-likeness (QED) is 0.341. The highest BCUT2D eigenvalue weighted by Crippen LogP contribution is 2.18. The molecule has 0 spiro atoms. The summed E-state index contributed by atoms with van der Waals surface area (Å²) >= 11 is 0. The fourth-order valence-electron chi connectivity index (χ4n) is 4.35. The smallest absolute Gasteiger partial charge is 0.407 e. The standard InChI is InChI=1S/C24H46N4O6/c1-19(2)21-27(11-15-31-21)13-17-33-23(29)25-9-7-5-6-8-10-26-24(30)34-18-14-28-12-16-32-22(28)20(3)4/h19-22H,5-18H2,1-4H3,(H,25,29)(H,26,30). The van der Waals surface area contributed by atoms with E-state index in [2.05, 4.69) is 48.1 Å². The van der Waals surface area contributed by atoms with E-state index in [1.165, 1.54) is 0 Å². The van der Waals surface area contributed by atoms with Gasteiger partial charge in [-0.2, -0.15) is 0 Å². The zero-order valence-electron chi connectivity index (χ0n) is 21.6. The van der Waals surface area contributed by atoms with Crippen LogP contribution in [0.3, 0.4) is 0 Å². The number of hydrogen-bond acceptors (Lipinski definition) is 8. The molecule has 0 aliphatic carbocycles. The zero-order chi connectivity index (χ0) is 24.8. The van der Waals surface area contributed by atoms with Gasteiger partial charge in [-0.25, -0.2) is 9.59 Å². The Morgan fingerprint density at radius 1 is 0.765 bits per heavy atom. The van der Waals surface area contributed by atoms with Crippen molar-refractivity contribution in [2.45, 2.75) is 65.8 Å². The van der Waals surface area contributed by atoms with Crippen LogP contribution in [0.4, 0.5) is 9.59 Å². The number of unbranched alkanes of at least 4 members (excludes halogenated alkanes) is 3. The summed E-state index contributed by atoms with van der Waals surface area (Å²) < 4.78 is 21.9. The van der Waals surface area contributed by atoms with Crippen LogP contribution in [-0.2, 0) is 18.9 Å². The molecule has 10 nitrogen and oxygen atoms in total. The second-order valence-electron chi connectivity index (χ2n) is 9.62. The molecule has 0 aromatic heterocycles. The van der Waals surface area contributed by atoms with Crippen LogP contribution < -0.4 is 10.6 Å². The molecule has 2 saturated heterocycles. The number of rotatable bonds is 15. The van der Waals surface area contributed by atoms with Crippen LogP contribution in [0.1, 0.15) is 53.4 Å². The van der Waals surface area contributed by atoms with Crippen molar-refractivity contribution in [3.63, 3.8) is 0 Å². The molecule has 2 heterocycles. The van der Waals surface area contributed by atoms with Gasteiger partial charge in [-0.1, -0.05) is 40.5 Å². The molecule has 2 unspecified atom stereocenters. The van der Waals surface area contributed by atoms with Crippen LogP contribution in [0.5, 0.6) is 0 Å². The molecule has 0 saturated carbocycles. The van der Waals surface area contributed by atoms with E-state index in [9.17, 15) is 9.59 Å². The van der Waals surface area contributed by atoms with Crippen molar-refractivity contribution >= 4 is 12.2 Å². The predicted molar refractivity (Wildman–Crippen MR) is 129 cm³/mol. The van der Waals surface area contributed by atoms with Gasteiger partial charge in [0.2, 0.25) is 0 Å². The molecule has 198 valence electrons. The Morgan fingerprint density at radius 2 is 1.18 bits per heavy atom. The van der Waals surface area contributed by atoms with Crippen molar-refractivity contribution in [2.24, 2.45) is 11.8 Å². The van der Waals surface area contributed by atoms with Gasteiger partial charge in [0.1, 0.15) is 25.7 Å². The Bertz CT molecular complexity index is 542. The summed E-state index contributed by atoms with van der Waals surface area (Å²) in [5, 5.41) is 5.59. The molecule has 2 aliphatic heterocycles. The number of nitrogens with zero attached hydrogens (tertiary/aromatic N) is 2. The van der Waals surface area contributed by atoms with E-state index in [-0.39, 0.29) is 24.6 Å². The molecule has 2 fully saturated rings. The Labute approximate surface area is 205 Å². The molecular weight excluding hydrogens is 440 g/mol. The molecule has 2 atom stereocenters. The monoisotopic (exact) mass is 486 g/mol. The Hall–Kier alpha value is -1.62. The summed E-state index contributed by atoms with van der Waals surface area (Å²) in [5.41, 5.74) is 0. The van der Waals surface area contributed by atoms with E-state index in [0.29, 0.717) is 51.2 Å². The number of hydrogen-bond donors (Lipinski definition) is 2. The van der Waals surface area contributed by atoms with E-state index < -0.39 is 0 Å². The van der Waals surface area contributed by atoms with Crippen molar-refractivity contribution in [1.29, 1.82) is 0 Å². The summed E-state index contributed by atoms with van der Waals surface area (Å²) in [7, 11) is 0. The third kappa shape index (κ3) is 10.8. The molecule has 0 bridgehead atoms. The Morgan fingerprint density at radius 3 is 1.56 bits per heavy atom. The van der Waals surface area contributed by atoms with E-state index >= 15 is 0 Å². The largest absolute Gasteiger partial charge is 0.448 e. The molecule has 2 rings (SSSR count). The molecule has 34 heavy (non-hydrogen) atoms. The second kappa shape index (κ2) is 16.1. The van der Waals surface area contributed by atoms with Crippen LogP contribution in [0, 0.1) is 11.8 Å². The van der Waals surface area contributed by atoms with Crippen LogP contribution in [0.25, 0.3) is 0 Å². The molecule has 10 heteroatoms. The molecule has 2 aliphatic rings. The number of nitrogens with one attached hydrogen (secondary N) is 2. The lowest BCUT2D eigenvalue weighted by Gasteiger charge is -2.25. The van der Waals surface area contributed by atoms with Crippen molar-refractivity contribution in [3.8, 4) is 0 Å². The number of alkyl carbamates (subject to hydrolysis) is 2. The third-order valence-corrected chi connectivity index (χ3v) is 6.06. The number of ether oxygens (including phenoxy) is 4. The van der Waals surface area contributed by atoms with Crippen molar-refractivity contribution < 1.29 is 28.5 Å². The average Bonchev–Trinajstić information content (AvgIpc) is 3.45. The van der Waals surface area contributed by atoms with Crippen molar-refractivity contribution in [2.75, 3.05) is 65.7 Å². The molecule has 2 N–H and O–H groups in total. The zero-order valence-corrected chi connectivity index (χ0v) is 21.6. The fraction of sp³-hybridized carbons (Fsp3) is 0.917. The first-order valence-corrected chi connectivity index (χ1v) is 12.9. The first-order valence-electron chi connectivity index (χ1n) is 12.9. The van der Waals surface area contributed by atoms with Gasteiger partial charge in [0.05, 0.1) is 13.2 Å². The average molecular weight is 487 g/mol. The Kier molecular flexibility index (Phi) is 13.6. The minimum atomic E-state index is -0.370. The number of carbonyl (C=O) groups is 2. The normalized spacial score (nSPS) is 21.4. The van der Waals surface area contributed by atoms with Gasteiger partial charge in [-0.3, -0.25) is 9.80 Å². The van der Waals surface area contributed by atoms with Gasteiger partial charge >= 0.3 is 12.2 Å².